The number of hydrogen-bond acceptors (Lipinski definition) is 3. The van der Waals surface area contributed by atoms with E-state index in [1.165, 1.54) is 0 Å². The molecule has 0 saturated heterocycles. The van der Waals surface area contributed by atoms with E-state index in [-0.39, 0.29) is 11.0 Å². The second kappa shape index (κ2) is 5.46. The van der Waals surface area contributed by atoms with Gasteiger partial charge < -0.3 is 10.6 Å². The SMILES string of the molecule is O.O=C(O)c1ccccc1-c1ccc2cnccc2n1. The van der Waals surface area contributed by atoms with Gasteiger partial charge in [-0.25, -0.2) is 9.78 Å². The van der Waals surface area contributed by atoms with Crippen molar-refractivity contribution in [3.63, 3.8) is 0 Å². The molecule has 5 nitrogen and oxygen atoms in total. The van der Waals surface area contributed by atoms with Gasteiger partial charge in [-0.2, -0.15) is 0 Å². The quantitative estimate of drug-likeness (QED) is 0.770. The Balaban J connectivity index is 0.00000147. The molecule has 0 aliphatic rings. The van der Waals surface area contributed by atoms with Gasteiger partial charge in [0.15, 0.2) is 0 Å². The van der Waals surface area contributed by atoms with Crippen LogP contribution in [-0.2, 0) is 0 Å². The number of benzene rings is 1. The third-order valence-electron chi connectivity index (χ3n) is 2.92. The van der Waals surface area contributed by atoms with Crippen molar-refractivity contribution in [1.29, 1.82) is 0 Å². The van der Waals surface area contributed by atoms with E-state index >= 15 is 0 Å². The van der Waals surface area contributed by atoms with Crippen molar-refractivity contribution in [2.24, 2.45) is 0 Å². The maximum Gasteiger partial charge on any atom is 0.336 e. The van der Waals surface area contributed by atoms with Gasteiger partial charge in [0.25, 0.3) is 0 Å². The minimum Gasteiger partial charge on any atom is -0.478 e. The van der Waals surface area contributed by atoms with E-state index < -0.39 is 5.97 Å². The van der Waals surface area contributed by atoms with Crippen LogP contribution < -0.4 is 0 Å². The van der Waals surface area contributed by atoms with Gasteiger partial charge in [-0.15, -0.1) is 0 Å². The monoisotopic (exact) mass is 268 g/mol. The lowest BCUT2D eigenvalue weighted by Crippen LogP contribution is -2.00. The van der Waals surface area contributed by atoms with Crippen LogP contribution in [0.3, 0.4) is 0 Å². The topological polar surface area (TPSA) is 94.6 Å². The van der Waals surface area contributed by atoms with Crippen LogP contribution in [0.1, 0.15) is 10.4 Å². The number of fused-ring (bicyclic) bond motifs is 1. The molecule has 3 rings (SSSR count). The maximum absolute atomic E-state index is 11.2. The molecule has 2 heterocycles. The maximum atomic E-state index is 11.2. The van der Waals surface area contributed by atoms with Gasteiger partial charge in [0, 0.05) is 23.3 Å². The average Bonchev–Trinajstić information content (AvgIpc) is 2.46. The summed E-state index contributed by atoms with van der Waals surface area (Å²) in [5.41, 5.74) is 2.32. The number of rotatable bonds is 2. The fourth-order valence-electron chi connectivity index (χ4n) is 2.01. The fraction of sp³-hybridized carbons (Fsp3) is 0. The number of carboxylic acid groups (broad SMARTS) is 1. The molecule has 0 amide bonds. The van der Waals surface area contributed by atoms with Gasteiger partial charge in [-0.3, -0.25) is 4.98 Å². The van der Waals surface area contributed by atoms with E-state index in [2.05, 4.69) is 9.97 Å². The van der Waals surface area contributed by atoms with Crippen LogP contribution in [0.5, 0.6) is 0 Å². The molecule has 0 radical (unpaired) electrons. The zero-order valence-electron chi connectivity index (χ0n) is 10.4. The molecular formula is C15H12N2O3. The first-order chi connectivity index (χ1) is 9.25. The van der Waals surface area contributed by atoms with E-state index in [1.54, 1.807) is 36.7 Å². The summed E-state index contributed by atoms with van der Waals surface area (Å²) in [6.45, 7) is 0. The molecule has 0 aliphatic heterocycles. The number of aromatic nitrogens is 2. The highest BCUT2D eigenvalue weighted by molar-refractivity contribution is 5.96. The normalized spacial score (nSPS) is 10.0. The predicted octanol–water partition coefficient (Wildman–Crippen LogP) is 2.17. The summed E-state index contributed by atoms with van der Waals surface area (Å²) in [4.78, 5) is 19.7. The molecule has 5 heteroatoms. The van der Waals surface area contributed by atoms with Crippen LogP contribution in [0.15, 0.2) is 54.9 Å². The van der Waals surface area contributed by atoms with Crippen molar-refractivity contribution < 1.29 is 15.4 Å². The molecule has 1 aromatic carbocycles. The number of carboxylic acids is 1. The molecule has 3 N–H and O–H groups in total. The first-order valence-electron chi connectivity index (χ1n) is 5.79. The van der Waals surface area contributed by atoms with Crippen LogP contribution in [0.2, 0.25) is 0 Å². The van der Waals surface area contributed by atoms with Crippen LogP contribution in [0, 0.1) is 0 Å². The lowest BCUT2D eigenvalue weighted by Gasteiger charge is -2.06. The minimum atomic E-state index is -0.952. The zero-order valence-corrected chi connectivity index (χ0v) is 10.4. The zero-order chi connectivity index (χ0) is 13.2. The molecule has 0 aliphatic carbocycles. The van der Waals surface area contributed by atoms with Crippen LogP contribution >= 0.6 is 0 Å². The van der Waals surface area contributed by atoms with Crippen LogP contribution in [0.25, 0.3) is 22.2 Å². The molecule has 0 saturated carbocycles. The molecule has 0 unspecified atom stereocenters. The third kappa shape index (κ3) is 2.34. The largest absolute Gasteiger partial charge is 0.478 e. The van der Waals surface area contributed by atoms with Gasteiger partial charge in [0.2, 0.25) is 0 Å². The van der Waals surface area contributed by atoms with Crippen molar-refractivity contribution in [2.45, 2.75) is 0 Å². The Morgan fingerprint density at radius 2 is 1.85 bits per heavy atom. The predicted molar refractivity (Wildman–Crippen MR) is 75.5 cm³/mol. The standard InChI is InChI=1S/C15H10N2O2.H2O/c18-15(19)12-4-2-1-3-11(12)14-6-5-10-9-16-8-7-13(10)17-14;/h1-9H,(H,18,19);1H2. The Bertz CT molecular complexity index is 772. The molecule has 100 valence electrons. The second-order valence-corrected chi connectivity index (χ2v) is 4.12. The number of carbonyl (C=O) groups is 1. The summed E-state index contributed by atoms with van der Waals surface area (Å²) in [6.07, 6.45) is 3.40. The van der Waals surface area contributed by atoms with Gasteiger partial charge in [0.1, 0.15) is 0 Å². The highest BCUT2D eigenvalue weighted by Gasteiger charge is 2.11. The number of aromatic carboxylic acids is 1. The Labute approximate surface area is 114 Å². The van der Waals surface area contributed by atoms with Crippen molar-refractivity contribution in [2.75, 3.05) is 0 Å². The first kappa shape index (κ1) is 13.6. The first-order valence-corrected chi connectivity index (χ1v) is 5.79. The highest BCUT2D eigenvalue weighted by atomic mass is 16.4. The van der Waals surface area contributed by atoms with E-state index in [0.717, 1.165) is 10.9 Å². The highest BCUT2D eigenvalue weighted by Crippen LogP contribution is 2.24. The van der Waals surface area contributed by atoms with Gasteiger partial charge in [-0.05, 0) is 24.3 Å². The molecular weight excluding hydrogens is 256 g/mol. The van der Waals surface area contributed by atoms with Crippen LogP contribution in [0.4, 0.5) is 0 Å². The van der Waals surface area contributed by atoms with Gasteiger partial charge in [0.05, 0.1) is 16.8 Å². The summed E-state index contributed by atoms with van der Waals surface area (Å²) in [5.74, 6) is -0.952. The summed E-state index contributed by atoms with van der Waals surface area (Å²) >= 11 is 0. The number of nitrogens with zero attached hydrogens (tertiary/aromatic N) is 2. The van der Waals surface area contributed by atoms with E-state index in [9.17, 15) is 9.90 Å². The fourth-order valence-corrected chi connectivity index (χ4v) is 2.01. The van der Waals surface area contributed by atoms with E-state index in [4.69, 9.17) is 0 Å². The van der Waals surface area contributed by atoms with E-state index in [0.29, 0.717) is 11.3 Å². The van der Waals surface area contributed by atoms with E-state index in [1.807, 2.05) is 18.2 Å². The van der Waals surface area contributed by atoms with Crippen molar-refractivity contribution in [3.8, 4) is 11.3 Å². The molecule has 0 spiro atoms. The molecule has 2 aromatic heterocycles. The molecule has 20 heavy (non-hydrogen) atoms. The van der Waals surface area contributed by atoms with Gasteiger partial charge in [-0.1, -0.05) is 18.2 Å². The summed E-state index contributed by atoms with van der Waals surface area (Å²) in [5, 5.41) is 10.1. The number of pyridine rings is 2. The Morgan fingerprint density at radius 3 is 2.65 bits per heavy atom. The van der Waals surface area contributed by atoms with Gasteiger partial charge >= 0.3 is 5.97 Å². The van der Waals surface area contributed by atoms with Crippen molar-refractivity contribution >= 4 is 16.9 Å². The third-order valence-corrected chi connectivity index (χ3v) is 2.92. The Hall–Kier alpha value is -2.79. The Kier molecular flexibility index (Phi) is 3.72. The summed E-state index contributed by atoms with van der Waals surface area (Å²) in [7, 11) is 0. The average molecular weight is 268 g/mol. The smallest absolute Gasteiger partial charge is 0.336 e. The number of hydrogen-bond donors (Lipinski definition) is 1. The summed E-state index contributed by atoms with van der Waals surface area (Å²) in [6, 6.07) is 12.4. The van der Waals surface area contributed by atoms with Crippen LogP contribution in [-0.4, -0.2) is 26.5 Å². The minimum absolute atomic E-state index is 0. The summed E-state index contributed by atoms with van der Waals surface area (Å²) < 4.78 is 0. The molecule has 0 atom stereocenters. The Morgan fingerprint density at radius 1 is 1.05 bits per heavy atom. The van der Waals surface area contributed by atoms with Crippen molar-refractivity contribution in [3.05, 3.63) is 60.4 Å². The molecule has 3 aromatic rings. The lowest BCUT2D eigenvalue weighted by atomic mass is 10.0. The molecule has 0 bridgehead atoms. The van der Waals surface area contributed by atoms with Crippen molar-refractivity contribution in [1.82, 2.24) is 9.97 Å². The molecule has 0 fully saturated rings. The second-order valence-electron chi connectivity index (χ2n) is 4.12. The lowest BCUT2D eigenvalue weighted by molar-refractivity contribution is 0.0697.